The van der Waals surface area contributed by atoms with Gasteiger partial charge in [-0.1, -0.05) is 22.0 Å². The van der Waals surface area contributed by atoms with Crippen molar-refractivity contribution in [3.05, 3.63) is 34.1 Å². The summed E-state index contributed by atoms with van der Waals surface area (Å²) in [5.41, 5.74) is -0.284. The van der Waals surface area contributed by atoms with Gasteiger partial charge in [-0.05, 0) is 33.2 Å². The van der Waals surface area contributed by atoms with Gasteiger partial charge in [-0.3, -0.25) is 0 Å². The van der Waals surface area contributed by atoms with Crippen molar-refractivity contribution in [1.82, 2.24) is 10.2 Å². The summed E-state index contributed by atoms with van der Waals surface area (Å²) in [6, 6.07) is 4.88. The third-order valence-corrected chi connectivity index (χ3v) is 3.41. The van der Waals surface area contributed by atoms with Gasteiger partial charge in [0.15, 0.2) is 0 Å². The highest BCUT2D eigenvalue weighted by atomic mass is 79.9. The van der Waals surface area contributed by atoms with E-state index < -0.39 is 5.54 Å². The normalized spacial score (nSPS) is 14.8. The number of halogens is 2. The molecule has 0 saturated heterocycles. The van der Waals surface area contributed by atoms with E-state index in [9.17, 15) is 9.50 Å². The van der Waals surface area contributed by atoms with Crippen LogP contribution in [0.15, 0.2) is 22.7 Å². The number of benzene rings is 1. The van der Waals surface area contributed by atoms with Gasteiger partial charge in [0, 0.05) is 23.1 Å². The van der Waals surface area contributed by atoms with Crippen molar-refractivity contribution in [3.63, 3.8) is 0 Å². The van der Waals surface area contributed by atoms with Gasteiger partial charge in [0.25, 0.3) is 0 Å². The molecule has 0 saturated carbocycles. The molecule has 2 N–H and O–H groups in total. The van der Waals surface area contributed by atoms with Crippen LogP contribution < -0.4 is 5.32 Å². The minimum atomic E-state index is -0.763. The van der Waals surface area contributed by atoms with Gasteiger partial charge in [-0.15, -0.1) is 0 Å². The van der Waals surface area contributed by atoms with Crippen molar-refractivity contribution in [1.29, 1.82) is 0 Å². The molecule has 1 rings (SSSR count). The molecule has 0 spiro atoms. The topological polar surface area (TPSA) is 35.5 Å². The molecule has 3 nitrogen and oxygen atoms in total. The summed E-state index contributed by atoms with van der Waals surface area (Å²) in [6.07, 6.45) is 0. The standard InChI is InChI=1S/C13H20BrFN2O/c1-13(9-18,16-6-7-17(2)3)11-5-4-10(14)8-12(11)15/h4-5,8,16,18H,6-7,9H2,1-3H3. The maximum Gasteiger partial charge on any atom is 0.129 e. The summed E-state index contributed by atoms with van der Waals surface area (Å²) < 4.78 is 14.6. The highest BCUT2D eigenvalue weighted by molar-refractivity contribution is 9.10. The first kappa shape index (κ1) is 15.6. The zero-order valence-electron chi connectivity index (χ0n) is 11.0. The molecule has 1 unspecified atom stereocenters. The number of nitrogens with zero attached hydrogens (tertiary/aromatic N) is 1. The fourth-order valence-corrected chi connectivity index (χ4v) is 2.06. The Balaban J connectivity index is 2.85. The molecule has 0 aliphatic carbocycles. The van der Waals surface area contributed by atoms with E-state index in [1.165, 1.54) is 6.07 Å². The Kier molecular flexibility index (Phi) is 5.72. The average Bonchev–Trinajstić information content (AvgIpc) is 2.28. The van der Waals surface area contributed by atoms with Crippen molar-refractivity contribution >= 4 is 15.9 Å². The first-order valence-electron chi connectivity index (χ1n) is 5.85. The summed E-state index contributed by atoms with van der Waals surface area (Å²) >= 11 is 3.23. The van der Waals surface area contributed by atoms with E-state index in [-0.39, 0.29) is 12.4 Å². The Morgan fingerprint density at radius 3 is 2.61 bits per heavy atom. The van der Waals surface area contributed by atoms with Gasteiger partial charge >= 0.3 is 0 Å². The molecule has 1 aromatic carbocycles. The van der Waals surface area contributed by atoms with E-state index in [1.807, 2.05) is 19.0 Å². The molecular weight excluding hydrogens is 299 g/mol. The Labute approximate surface area is 116 Å². The van der Waals surface area contributed by atoms with Gasteiger partial charge in [0.1, 0.15) is 5.82 Å². The number of aliphatic hydroxyl groups excluding tert-OH is 1. The van der Waals surface area contributed by atoms with Crippen LogP contribution in [0.4, 0.5) is 4.39 Å². The number of aliphatic hydroxyl groups is 1. The molecule has 1 aromatic rings. The van der Waals surface area contributed by atoms with Crippen LogP contribution in [0.1, 0.15) is 12.5 Å². The third-order valence-electron chi connectivity index (χ3n) is 2.92. The predicted molar refractivity (Wildman–Crippen MR) is 75.1 cm³/mol. The third kappa shape index (κ3) is 4.02. The van der Waals surface area contributed by atoms with Crippen LogP contribution in [-0.2, 0) is 5.54 Å². The van der Waals surface area contributed by atoms with Gasteiger partial charge in [-0.25, -0.2) is 4.39 Å². The summed E-state index contributed by atoms with van der Waals surface area (Å²) in [4.78, 5) is 2.03. The van der Waals surface area contributed by atoms with Crippen molar-refractivity contribution in [3.8, 4) is 0 Å². The minimum absolute atomic E-state index is 0.154. The molecule has 0 bridgehead atoms. The minimum Gasteiger partial charge on any atom is -0.394 e. The van der Waals surface area contributed by atoms with Crippen LogP contribution in [0.2, 0.25) is 0 Å². The lowest BCUT2D eigenvalue weighted by Gasteiger charge is -2.30. The Hall–Kier alpha value is -0.490. The number of nitrogens with one attached hydrogen (secondary N) is 1. The van der Waals surface area contributed by atoms with Crippen LogP contribution >= 0.6 is 15.9 Å². The molecule has 0 amide bonds. The molecular formula is C13H20BrFN2O. The Morgan fingerprint density at radius 2 is 2.11 bits per heavy atom. The lowest BCUT2D eigenvalue weighted by molar-refractivity contribution is 0.168. The highest BCUT2D eigenvalue weighted by Crippen LogP contribution is 2.25. The molecule has 18 heavy (non-hydrogen) atoms. The van der Waals surface area contributed by atoms with E-state index in [0.717, 1.165) is 6.54 Å². The molecule has 0 aliphatic heterocycles. The molecule has 0 fully saturated rings. The average molecular weight is 319 g/mol. The van der Waals surface area contributed by atoms with Crippen LogP contribution in [0.3, 0.4) is 0 Å². The number of rotatable bonds is 6. The molecule has 0 aliphatic rings. The largest absolute Gasteiger partial charge is 0.394 e. The van der Waals surface area contributed by atoms with Crippen LogP contribution in [-0.4, -0.2) is 43.8 Å². The fraction of sp³-hybridized carbons (Fsp3) is 0.538. The first-order valence-corrected chi connectivity index (χ1v) is 6.64. The molecule has 102 valence electrons. The van der Waals surface area contributed by atoms with Crippen LogP contribution in [0.5, 0.6) is 0 Å². The van der Waals surface area contributed by atoms with E-state index in [2.05, 4.69) is 21.2 Å². The first-order chi connectivity index (χ1) is 8.39. The Bertz CT molecular complexity index is 401. The van der Waals surface area contributed by atoms with Gasteiger partial charge in [-0.2, -0.15) is 0 Å². The molecule has 5 heteroatoms. The monoisotopic (exact) mass is 318 g/mol. The van der Waals surface area contributed by atoms with E-state index in [1.54, 1.807) is 19.1 Å². The molecule has 0 aromatic heterocycles. The Morgan fingerprint density at radius 1 is 1.44 bits per heavy atom. The zero-order chi connectivity index (χ0) is 13.8. The summed E-state index contributed by atoms with van der Waals surface area (Å²) in [7, 11) is 3.94. The number of hydrogen-bond acceptors (Lipinski definition) is 3. The van der Waals surface area contributed by atoms with E-state index in [4.69, 9.17) is 0 Å². The lowest BCUT2D eigenvalue weighted by Crippen LogP contribution is -2.46. The molecule has 0 radical (unpaired) electrons. The lowest BCUT2D eigenvalue weighted by atomic mass is 9.92. The smallest absolute Gasteiger partial charge is 0.129 e. The van der Waals surface area contributed by atoms with Crippen molar-refractivity contribution in [2.24, 2.45) is 0 Å². The fourth-order valence-electron chi connectivity index (χ4n) is 1.73. The van der Waals surface area contributed by atoms with Crippen molar-refractivity contribution in [2.45, 2.75) is 12.5 Å². The van der Waals surface area contributed by atoms with Crippen LogP contribution in [0.25, 0.3) is 0 Å². The van der Waals surface area contributed by atoms with Crippen molar-refractivity contribution < 1.29 is 9.50 Å². The van der Waals surface area contributed by atoms with Crippen LogP contribution in [0, 0.1) is 5.82 Å². The summed E-state index contributed by atoms with van der Waals surface area (Å²) in [5, 5.41) is 12.7. The number of hydrogen-bond donors (Lipinski definition) is 2. The molecule has 0 heterocycles. The van der Waals surface area contributed by atoms with Gasteiger partial charge < -0.3 is 15.3 Å². The second-order valence-electron chi connectivity index (χ2n) is 4.84. The molecule has 1 atom stereocenters. The SMILES string of the molecule is CN(C)CCNC(C)(CO)c1ccc(Br)cc1F. The maximum absolute atomic E-state index is 13.9. The second kappa shape index (κ2) is 6.61. The summed E-state index contributed by atoms with van der Waals surface area (Å²) in [6.45, 7) is 3.15. The van der Waals surface area contributed by atoms with Crippen molar-refractivity contribution in [2.75, 3.05) is 33.8 Å². The zero-order valence-corrected chi connectivity index (χ0v) is 12.6. The predicted octanol–water partition coefficient (Wildman–Crippen LogP) is 1.95. The van der Waals surface area contributed by atoms with E-state index >= 15 is 0 Å². The highest BCUT2D eigenvalue weighted by Gasteiger charge is 2.28. The second-order valence-corrected chi connectivity index (χ2v) is 5.76. The maximum atomic E-state index is 13.9. The van der Waals surface area contributed by atoms with E-state index in [0.29, 0.717) is 16.6 Å². The number of likely N-dealkylation sites (N-methyl/N-ethyl adjacent to an activating group) is 1. The van der Waals surface area contributed by atoms with Gasteiger partial charge in [0.05, 0.1) is 12.1 Å². The van der Waals surface area contributed by atoms with Gasteiger partial charge in [0.2, 0.25) is 0 Å². The quantitative estimate of drug-likeness (QED) is 0.841. The summed E-state index contributed by atoms with van der Waals surface area (Å²) in [5.74, 6) is -0.321.